The quantitative estimate of drug-likeness (QED) is 0.544. The zero-order chi connectivity index (χ0) is 21.3. The molecular formula is C23H28N4O3. The van der Waals surface area contributed by atoms with Crippen LogP contribution >= 0.6 is 0 Å². The lowest BCUT2D eigenvalue weighted by atomic mass is 9.85. The Balaban J connectivity index is 1.40. The Morgan fingerprint density at radius 3 is 2.47 bits per heavy atom. The van der Waals surface area contributed by atoms with Crippen molar-refractivity contribution in [2.75, 3.05) is 6.54 Å². The van der Waals surface area contributed by atoms with Crippen molar-refractivity contribution in [3.63, 3.8) is 0 Å². The summed E-state index contributed by atoms with van der Waals surface area (Å²) in [6, 6.07) is 7.51. The average Bonchev–Trinajstić information content (AvgIpc) is 3.26. The van der Waals surface area contributed by atoms with E-state index in [4.69, 9.17) is 0 Å². The third kappa shape index (κ3) is 4.01. The third-order valence-corrected chi connectivity index (χ3v) is 5.94. The zero-order valence-corrected chi connectivity index (χ0v) is 17.4. The summed E-state index contributed by atoms with van der Waals surface area (Å²) in [4.78, 5) is 47.1. The summed E-state index contributed by atoms with van der Waals surface area (Å²) in [5.41, 5.74) is 1.79. The minimum atomic E-state index is -0.255. The van der Waals surface area contributed by atoms with Gasteiger partial charge >= 0.3 is 0 Å². The number of allylic oxidation sites excluding steroid dienone is 2. The van der Waals surface area contributed by atoms with E-state index in [2.05, 4.69) is 29.1 Å². The Kier molecular flexibility index (Phi) is 5.70. The Morgan fingerprint density at radius 2 is 1.83 bits per heavy atom. The van der Waals surface area contributed by atoms with Crippen LogP contribution in [0, 0.1) is 17.8 Å². The lowest BCUT2D eigenvalue weighted by molar-refractivity contribution is -0.140. The van der Waals surface area contributed by atoms with Crippen molar-refractivity contribution >= 4 is 28.8 Å². The number of carbonyl (C=O) groups is 3. The van der Waals surface area contributed by atoms with Crippen LogP contribution in [0.25, 0.3) is 11.0 Å². The van der Waals surface area contributed by atoms with Crippen LogP contribution < -0.4 is 5.32 Å². The summed E-state index contributed by atoms with van der Waals surface area (Å²) in [6.07, 6.45) is 5.99. The van der Waals surface area contributed by atoms with Gasteiger partial charge in [-0.15, -0.1) is 0 Å². The number of nitrogens with zero attached hydrogens (tertiary/aromatic N) is 2. The molecule has 2 heterocycles. The van der Waals surface area contributed by atoms with Crippen LogP contribution in [-0.2, 0) is 14.4 Å². The molecule has 2 N–H and O–H groups in total. The number of benzene rings is 1. The highest BCUT2D eigenvalue weighted by Gasteiger charge is 2.46. The van der Waals surface area contributed by atoms with Gasteiger partial charge in [0.05, 0.1) is 28.9 Å². The first-order valence-electron chi connectivity index (χ1n) is 10.7. The fourth-order valence-electron chi connectivity index (χ4n) is 4.42. The van der Waals surface area contributed by atoms with Gasteiger partial charge in [0.1, 0.15) is 5.82 Å². The number of imidazole rings is 1. The first kappa shape index (κ1) is 20.3. The van der Waals surface area contributed by atoms with Crippen LogP contribution in [0.5, 0.6) is 0 Å². The molecule has 1 aromatic heterocycles. The van der Waals surface area contributed by atoms with E-state index in [-0.39, 0.29) is 48.6 Å². The van der Waals surface area contributed by atoms with Gasteiger partial charge in [-0.05, 0) is 37.3 Å². The number of nitrogens with one attached hydrogen (secondary N) is 2. The molecule has 4 rings (SSSR count). The number of fused-ring (bicyclic) bond motifs is 2. The molecule has 0 bridgehead atoms. The van der Waals surface area contributed by atoms with Crippen LogP contribution in [0.2, 0.25) is 0 Å². The van der Waals surface area contributed by atoms with Crippen LogP contribution in [0.1, 0.15) is 51.4 Å². The maximum Gasteiger partial charge on any atom is 0.233 e. The van der Waals surface area contributed by atoms with Crippen molar-refractivity contribution in [1.29, 1.82) is 0 Å². The minimum absolute atomic E-state index is 0.0964. The summed E-state index contributed by atoms with van der Waals surface area (Å²) in [5.74, 6) is 0.111. The zero-order valence-electron chi connectivity index (χ0n) is 17.4. The van der Waals surface area contributed by atoms with Gasteiger partial charge in [0.15, 0.2) is 0 Å². The van der Waals surface area contributed by atoms with Crippen LogP contribution in [0.4, 0.5) is 0 Å². The van der Waals surface area contributed by atoms with Crippen molar-refractivity contribution in [2.45, 2.75) is 45.6 Å². The molecule has 0 radical (unpaired) electrons. The number of H-pyrrole nitrogens is 1. The summed E-state index contributed by atoms with van der Waals surface area (Å²) in [6.45, 7) is 4.32. The first-order valence-corrected chi connectivity index (χ1v) is 10.7. The number of para-hydroxylation sites is 2. The number of rotatable bonds is 7. The number of hydrogen-bond acceptors (Lipinski definition) is 4. The number of amides is 3. The molecule has 3 amide bonds. The molecule has 30 heavy (non-hydrogen) atoms. The molecule has 7 heteroatoms. The van der Waals surface area contributed by atoms with E-state index in [0.717, 1.165) is 23.3 Å². The SMILES string of the molecule is CC(C)C[C@H](NC(=O)CCN1C(=O)[C@@H]2CC=CC[C@H]2C1=O)c1nc2ccccc2[nH]1. The van der Waals surface area contributed by atoms with Gasteiger partial charge in [-0.3, -0.25) is 19.3 Å². The molecule has 3 atom stereocenters. The number of likely N-dealkylation sites (tertiary alicyclic amines) is 1. The van der Waals surface area contributed by atoms with Crippen molar-refractivity contribution in [3.8, 4) is 0 Å². The molecule has 1 aliphatic heterocycles. The molecule has 0 spiro atoms. The van der Waals surface area contributed by atoms with Crippen molar-refractivity contribution < 1.29 is 14.4 Å². The summed E-state index contributed by atoms with van der Waals surface area (Å²) < 4.78 is 0. The fourth-order valence-corrected chi connectivity index (χ4v) is 4.42. The van der Waals surface area contributed by atoms with E-state index in [0.29, 0.717) is 18.8 Å². The maximum absolute atomic E-state index is 12.7. The maximum atomic E-state index is 12.7. The second-order valence-corrected chi connectivity index (χ2v) is 8.62. The third-order valence-electron chi connectivity index (χ3n) is 5.94. The highest BCUT2D eigenvalue weighted by molar-refractivity contribution is 6.05. The Labute approximate surface area is 175 Å². The molecule has 1 saturated heterocycles. The number of aromatic nitrogens is 2. The second kappa shape index (κ2) is 8.42. The average molecular weight is 409 g/mol. The molecule has 2 aromatic rings. The molecular weight excluding hydrogens is 380 g/mol. The Hall–Kier alpha value is -2.96. The van der Waals surface area contributed by atoms with Crippen molar-refractivity contribution in [1.82, 2.24) is 20.2 Å². The van der Waals surface area contributed by atoms with E-state index >= 15 is 0 Å². The Bertz CT molecular complexity index is 934. The largest absolute Gasteiger partial charge is 0.346 e. The van der Waals surface area contributed by atoms with Gasteiger partial charge in [0.2, 0.25) is 17.7 Å². The highest BCUT2D eigenvalue weighted by Crippen LogP contribution is 2.35. The molecule has 1 fully saturated rings. The van der Waals surface area contributed by atoms with Crippen LogP contribution in [-0.4, -0.2) is 39.1 Å². The summed E-state index contributed by atoms with van der Waals surface area (Å²) >= 11 is 0. The monoisotopic (exact) mass is 408 g/mol. The molecule has 0 unspecified atom stereocenters. The van der Waals surface area contributed by atoms with Gasteiger partial charge in [-0.25, -0.2) is 4.98 Å². The van der Waals surface area contributed by atoms with E-state index in [1.54, 1.807) is 0 Å². The van der Waals surface area contributed by atoms with Crippen LogP contribution in [0.15, 0.2) is 36.4 Å². The summed E-state index contributed by atoms with van der Waals surface area (Å²) in [5, 5.41) is 3.05. The summed E-state index contributed by atoms with van der Waals surface area (Å²) in [7, 11) is 0. The molecule has 158 valence electrons. The fraction of sp³-hybridized carbons (Fsp3) is 0.478. The number of aromatic amines is 1. The standard InChI is InChI=1S/C23H28N4O3/c1-14(2)13-19(21-25-17-9-5-6-10-18(17)26-21)24-20(28)11-12-27-22(29)15-7-3-4-8-16(15)23(27)30/h3-6,9-10,14-16,19H,7-8,11-13H2,1-2H3,(H,24,28)(H,25,26)/t15-,16-,19+/m1/s1. The van der Waals surface area contributed by atoms with Crippen LogP contribution in [0.3, 0.4) is 0 Å². The number of carbonyl (C=O) groups excluding carboxylic acids is 3. The van der Waals surface area contributed by atoms with Crippen molar-refractivity contribution in [2.24, 2.45) is 17.8 Å². The predicted octanol–water partition coefficient (Wildman–Crippen LogP) is 3.11. The lowest BCUT2D eigenvalue weighted by Crippen LogP contribution is -2.37. The highest BCUT2D eigenvalue weighted by atomic mass is 16.2. The number of hydrogen-bond donors (Lipinski definition) is 2. The van der Waals surface area contributed by atoms with Gasteiger partial charge < -0.3 is 10.3 Å². The normalized spacial score (nSPS) is 22.0. The van der Waals surface area contributed by atoms with E-state index < -0.39 is 0 Å². The van der Waals surface area contributed by atoms with E-state index in [1.165, 1.54) is 4.90 Å². The first-order chi connectivity index (χ1) is 14.4. The number of imide groups is 1. The topological polar surface area (TPSA) is 95.2 Å². The molecule has 7 nitrogen and oxygen atoms in total. The van der Waals surface area contributed by atoms with Gasteiger partial charge in [-0.1, -0.05) is 38.1 Å². The minimum Gasteiger partial charge on any atom is -0.346 e. The van der Waals surface area contributed by atoms with E-state index in [9.17, 15) is 14.4 Å². The van der Waals surface area contributed by atoms with Gasteiger partial charge in [0, 0.05) is 13.0 Å². The lowest BCUT2D eigenvalue weighted by Gasteiger charge is -2.20. The van der Waals surface area contributed by atoms with Gasteiger partial charge in [0.25, 0.3) is 0 Å². The smallest absolute Gasteiger partial charge is 0.233 e. The van der Waals surface area contributed by atoms with Crippen molar-refractivity contribution in [3.05, 3.63) is 42.2 Å². The molecule has 1 aromatic carbocycles. The molecule has 2 aliphatic rings. The second-order valence-electron chi connectivity index (χ2n) is 8.62. The van der Waals surface area contributed by atoms with E-state index in [1.807, 2.05) is 36.4 Å². The predicted molar refractivity (Wildman–Crippen MR) is 113 cm³/mol. The Morgan fingerprint density at radius 1 is 1.17 bits per heavy atom. The molecule has 0 saturated carbocycles. The molecule has 1 aliphatic carbocycles. The van der Waals surface area contributed by atoms with Gasteiger partial charge in [-0.2, -0.15) is 0 Å².